The van der Waals surface area contributed by atoms with Gasteiger partial charge in [0, 0.05) is 6.04 Å². The van der Waals surface area contributed by atoms with E-state index in [1.54, 1.807) is 0 Å². The summed E-state index contributed by atoms with van der Waals surface area (Å²) >= 11 is 3.36. The minimum Gasteiger partial charge on any atom is -0.336 e. The van der Waals surface area contributed by atoms with Crippen LogP contribution in [0, 0.1) is 11.8 Å². The number of halogens is 1. The van der Waals surface area contributed by atoms with E-state index in [1.165, 1.54) is 19.3 Å². The Bertz CT molecular complexity index is 326. The molecule has 2 atom stereocenters. The van der Waals surface area contributed by atoms with Crippen LogP contribution in [0.15, 0.2) is 10.8 Å². The second-order valence-corrected chi connectivity index (χ2v) is 5.34. The molecule has 1 aromatic rings. The van der Waals surface area contributed by atoms with E-state index in [1.807, 2.05) is 6.20 Å². The molecule has 2 saturated carbocycles. The van der Waals surface area contributed by atoms with E-state index in [0.717, 1.165) is 34.9 Å². The van der Waals surface area contributed by atoms with Crippen molar-refractivity contribution in [2.24, 2.45) is 11.8 Å². The molecule has 0 amide bonds. The molecular weight excluding hydrogens is 242 g/mol. The van der Waals surface area contributed by atoms with Crippen LogP contribution in [0.5, 0.6) is 0 Å². The average Bonchev–Trinajstić information content (AvgIpc) is 2.63. The Morgan fingerprint density at radius 2 is 2.21 bits per heavy atom. The fourth-order valence-corrected chi connectivity index (χ4v) is 2.88. The number of nitrogens with zero attached hydrogens (tertiary/aromatic N) is 1. The van der Waals surface area contributed by atoms with E-state index in [9.17, 15) is 0 Å². The van der Waals surface area contributed by atoms with Gasteiger partial charge in [0.1, 0.15) is 10.4 Å². The molecule has 14 heavy (non-hydrogen) atoms. The summed E-state index contributed by atoms with van der Waals surface area (Å²) in [5, 5.41) is 3.56. The summed E-state index contributed by atoms with van der Waals surface area (Å²) in [5.41, 5.74) is 0. The van der Waals surface area contributed by atoms with E-state index < -0.39 is 0 Å². The number of imidazole rings is 1. The van der Waals surface area contributed by atoms with Gasteiger partial charge >= 0.3 is 0 Å². The molecule has 1 heterocycles. The molecule has 0 aliphatic heterocycles. The fraction of sp³-hybridized carbons (Fsp3) is 0.700. The highest BCUT2D eigenvalue weighted by Crippen LogP contribution is 2.51. The molecule has 2 N–H and O–H groups in total. The Morgan fingerprint density at radius 1 is 1.43 bits per heavy atom. The minimum atomic E-state index is 0.739. The highest BCUT2D eigenvalue weighted by molar-refractivity contribution is 9.10. The Kier molecular flexibility index (Phi) is 2.13. The lowest BCUT2D eigenvalue weighted by molar-refractivity contribution is 0.474. The second kappa shape index (κ2) is 3.35. The van der Waals surface area contributed by atoms with Crippen molar-refractivity contribution < 1.29 is 0 Å². The number of hydrogen-bond acceptors (Lipinski definition) is 2. The summed E-state index contributed by atoms with van der Waals surface area (Å²) in [6.45, 7) is 0.871. The zero-order chi connectivity index (χ0) is 9.54. The molecule has 76 valence electrons. The van der Waals surface area contributed by atoms with Crippen molar-refractivity contribution in [3.05, 3.63) is 16.6 Å². The maximum absolute atomic E-state index is 4.24. The third kappa shape index (κ3) is 1.73. The number of rotatable bonds is 3. The predicted octanol–water partition coefficient (Wildman–Crippen LogP) is 2.06. The molecule has 2 aliphatic carbocycles. The zero-order valence-corrected chi connectivity index (χ0v) is 9.55. The molecular formula is C10H14BrN3. The number of nitrogens with one attached hydrogen (secondary N) is 2. The first-order valence-electron chi connectivity index (χ1n) is 5.24. The lowest BCUT2D eigenvalue weighted by Crippen LogP contribution is -2.27. The van der Waals surface area contributed by atoms with Crippen molar-refractivity contribution in [1.82, 2.24) is 15.3 Å². The van der Waals surface area contributed by atoms with Gasteiger partial charge in [-0.2, -0.15) is 0 Å². The van der Waals surface area contributed by atoms with E-state index in [4.69, 9.17) is 0 Å². The van der Waals surface area contributed by atoms with Gasteiger partial charge in [-0.25, -0.2) is 4.98 Å². The normalized spacial score (nSPS) is 34.5. The highest BCUT2D eigenvalue weighted by Gasteiger charge is 2.45. The van der Waals surface area contributed by atoms with Gasteiger partial charge in [-0.15, -0.1) is 0 Å². The Morgan fingerprint density at radius 3 is 2.86 bits per heavy atom. The first-order valence-corrected chi connectivity index (χ1v) is 6.03. The zero-order valence-electron chi connectivity index (χ0n) is 7.96. The summed E-state index contributed by atoms with van der Waals surface area (Å²) in [5.74, 6) is 3.13. The molecule has 0 spiro atoms. The minimum absolute atomic E-state index is 0.739. The maximum Gasteiger partial charge on any atom is 0.120 e. The maximum atomic E-state index is 4.24. The van der Waals surface area contributed by atoms with Gasteiger partial charge in [-0.1, -0.05) is 0 Å². The molecule has 3 nitrogen and oxygen atoms in total. The van der Waals surface area contributed by atoms with Crippen LogP contribution in [-0.4, -0.2) is 16.0 Å². The molecule has 4 heteroatoms. The molecule has 1 aromatic heterocycles. The van der Waals surface area contributed by atoms with Crippen molar-refractivity contribution in [2.45, 2.75) is 31.8 Å². The van der Waals surface area contributed by atoms with Crippen LogP contribution < -0.4 is 5.32 Å². The molecule has 0 bridgehead atoms. The monoisotopic (exact) mass is 255 g/mol. The number of aromatic amines is 1. The van der Waals surface area contributed by atoms with Crippen molar-refractivity contribution in [3.63, 3.8) is 0 Å². The lowest BCUT2D eigenvalue weighted by atomic mass is 10.1. The van der Waals surface area contributed by atoms with Gasteiger partial charge < -0.3 is 10.3 Å². The second-order valence-electron chi connectivity index (χ2n) is 4.48. The quantitative estimate of drug-likeness (QED) is 0.869. The van der Waals surface area contributed by atoms with Crippen LogP contribution in [-0.2, 0) is 6.54 Å². The van der Waals surface area contributed by atoms with E-state index in [2.05, 4.69) is 31.2 Å². The molecule has 2 unspecified atom stereocenters. The van der Waals surface area contributed by atoms with Crippen molar-refractivity contribution in [2.75, 3.05) is 0 Å². The number of aromatic nitrogens is 2. The van der Waals surface area contributed by atoms with Gasteiger partial charge in [0.05, 0.1) is 12.7 Å². The Balaban J connectivity index is 1.50. The average molecular weight is 256 g/mol. The number of fused-ring (bicyclic) bond motifs is 1. The Labute approximate surface area is 91.8 Å². The third-order valence-corrected chi connectivity index (χ3v) is 3.80. The van der Waals surface area contributed by atoms with Gasteiger partial charge in [-0.3, -0.25) is 0 Å². The first-order chi connectivity index (χ1) is 6.81. The van der Waals surface area contributed by atoms with Crippen LogP contribution in [0.4, 0.5) is 0 Å². The van der Waals surface area contributed by atoms with E-state index in [-0.39, 0.29) is 0 Å². The van der Waals surface area contributed by atoms with Crippen LogP contribution in [0.25, 0.3) is 0 Å². The van der Waals surface area contributed by atoms with E-state index in [0.29, 0.717) is 0 Å². The van der Waals surface area contributed by atoms with Gasteiger partial charge in [-0.05, 0) is 47.0 Å². The molecule has 2 aliphatic rings. The standard InChI is InChI=1S/C10H14BrN3/c11-9-4-13-10(14-9)5-12-8-2-6-1-7(6)3-8/h4,6-8,12H,1-3,5H2,(H,13,14). The summed E-state index contributed by atoms with van der Waals surface area (Å²) in [6.07, 6.45) is 6.06. The van der Waals surface area contributed by atoms with E-state index >= 15 is 0 Å². The summed E-state index contributed by atoms with van der Waals surface area (Å²) in [7, 11) is 0. The van der Waals surface area contributed by atoms with Crippen LogP contribution in [0.1, 0.15) is 25.1 Å². The largest absolute Gasteiger partial charge is 0.336 e. The van der Waals surface area contributed by atoms with Crippen molar-refractivity contribution >= 4 is 15.9 Å². The topological polar surface area (TPSA) is 40.7 Å². The molecule has 2 fully saturated rings. The van der Waals surface area contributed by atoms with Crippen LogP contribution in [0.2, 0.25) is 0 Å². The summed E-state index contributed by atoms with van der Waals surface area (Å²) < 4.78 is 0.962. The SMILES string of the molecule is Brc1cnc(CNC2CC3CC3C2)[nH]1. The molecule has 0 aromatic carbocycles. The molecule has 0 radical (unpaired) electrons. The lowest BCUT2D eigenvalue weighted by Gasteiger charge is -2.12. The van der Waals surface area contributed by atoms with Gasteiger partial charge in [0.25, 0.3) is 0 Å². The Hall–Kier alpha value is -0.350. The third-order valence-electron chi connectivity index (χ3n) is 3.40. The van der Waals surface area contributed by atoms with Crippen LogP contribution >= 0.6 is 15.9 Å². The predicted molar refractivity (Wildman–Crippen MR) is 57.7 cm³/mol. The fourth-order valence-electron chi connectivity index (χ4n) is 2.55. The molecule has 0 saturated heterocycles. The number of H-pyrrole nitrogens is 1. The van der Waals surface area contributed by atoms with Crippen molar-refractivity contribution in [3.8, 4) is 0 Å². The summed E-state index contributed by atoms with van der Waals surface area (Å²) in [4.78, 5) is 7.41. The highest BCUT2D eigenvalue weighted by atomic mass is 79.9. The summed E-state index contributed by atoms with van der Waals surface area (Å²) in [6, 6.07) is 0.739. The first kappa shape index (κ1) is 8.92. The van der Waals surface area contributed by atoms with Gasteiger partial charge in [0.15, 0.2) is 0 Å². The number of hydrogen-bond donors (Lipinski definition) is 2. The smallest absolute Gasteiger partial charge is 0.120 e. The molecule has 3 rings (SSSR count). The van der Waals surface area contributed by atoms with Crippen LogP contribution in [0.3, 0.4) is 0 Å². The van der Waals surface area contributed by atoms with Crippen molar-refractivity contribution in [1.29, 1.82) is 0 Å². The van der Waals surface area contributed by atoms with Gasteiger partial charge in [0.2, 0.25) is 0 Å².